The van der Waals surface area contributed by atoms with Gasteiger partial charge in [-0.25, -0.2) is 0 Å². The molecule has 1 aromatic rings. The normalized spacial score (nSPS) is 25.8. The SMILES string of the molecule is CC1CN(C(=O)CN2CCN(c3cccc(Cl)c3)CC2)CC(C)O1. The molecule has 2 saturated heterocycles. The first-order valence-electron chi connectivity index (χ1n) is 8.67. The van der Waals surface area contributed by atoms with Crippen LogP contribution in [0.4, 0.5) is 5.69 Å². The Balaban J connectivity index is 1.49. The number of rotatable bonds is 3. The fraction of sp³-hybridized carbons (Fsp3) is 0.611. The van der Waals surface area contributed by atoms with Crippen molar-refractivity contribution < 1.29 is 9.53 Å². The maximum atomic E-state index is 12.6. The molecule has 1 amide bonds. The molecule has 0 spiro atoms. The van der Waals surface area contributed by atoms with Crippen LogP contribution in [0.5, 0.6) is 0 Å². The van der Waals surface area contributed by atoms with Crippen molar-refractivity contribution in [2.45, 2.75) is 26.1 Å². The van der Waals surface area contributed by atoms with Gasteiger partial charge in [0.05, 0.1) is 18.8 Å². The molecule has 2 heterocycles. The van der Waals surface area contributed by atoms with Gasteiger partial charge in [-0.05, 0) is 32.0 Å². The number of carbonyl (C=O) groups excluding carboxylic acids is 1. The van der Waals surface area contributed by atoms with E-state index in [1.165, 1.54) is 0 Å². The molecular weight excluding hydrogens is 326 g/mol. The average molecular weight is 352 g/mol. The van der Waals surface area contributed by atoms with Crippen LogP contribution in [0.1, 0.15) is 13.8 Å². The zero-order valence-corrected chi connectivity index (χ0v) is 15.2. The molecule has 132 valence electrons. The number of anilines is 1. The predicted octanol–water partition coefficient (Wildman–Crippen LogP) is 2.10. The van der Waals surface area contributed by atoms with E-state index in [0.29, 0.717) is 19.6 Å². The number of amides is 1. The fourth-order valence-corrected chi connectivity index (χ4v) is 3.69. The van der Waals surface area contributed by atoms with Crippen molar-refractivity contribution in [2.24, 2.45) is 0 Å². The molecule has 0 aromatic heterocycles. The van der Waals surface area contributed by atoms with Crippen LogP contribution in [-0.4, -0.2) is 73.7 Å². The van der Waals surface area contributed by atoms with Crippen molar-refractivity contribution >= 4 is 23.2 Å². The predicted molar refractivity (Wildman–Crippen MR) is 96.7 cm³/mol. The molecule has 0 saturated carbocycles. The third-order valence-electron chi connectivity index (χ3n) is 4.68. The van der Waals surface area contributed by atoms with E-state index in [-0.39, 0.29) is 18.1 Å². The minimum atomic E-state index is 0.123. The minimum Gasteiger partial charge on any atom is -0.372 e. The van der Waals surface area contributed by atoms with Crippen LogP contribution in [0.2, 0.25) is 5.02 Å². The van der Waals surface area contributed by atoms with Gasteiger partial charge < -0.3 is 14.5 Å². The van der Waals surface area contributed by atoms with Crippen molar-refractivity contribution in [2.75, 3.05) is 50.7 Å². The summed E-state index contributed by atoms with van der Waals surface area (Å²) in [6.45, 7) is 9.59. The van der Waals surface area contributed by atoms with Gasteiger partial charge in [0.2, 0.25) is 5.91 Å². The summed E-state index contributed by atoms with van der Waals surface area (Å²) in [5, 5.41) is 0.765. The van der Waals surface area contributed by atoms with Gasteiger partial charge in [0.15, 0.2) is 0 Å². The largest absolute Gasteiger partial charge is 0.372 e. The second-order valence-electron chi connectivity index (χ2n) is 6.80. The third kappa shape index (κ3) is 4.41. The number of hydrogen-bond acceptors (Lipinski definition) is 4. The van der Waals surface area contributed by atoms with Crippen LogP contribution in [0.3, 0.4) is 0 Å². The minimum absolute atomic E-state index is 0.123. The van der Waals surface area contributed by atoms with Gasteiger partial charge in [-0.1, -0.05) is 17.7 Å². The lowest BCUT2D eigenvalue weighted by Gasteiger charge is -2.39. The van der Waals surface area contributed by atoms with Crippen LogP contribution < -0.4 is 4.90 Å². The number of halogens is 1. The van der Waals surface area contributed by atoms with Crippen LogP contribution in [-0.2, 0) is 9.53 Å². The van der Waals surface area contributed by atoms with Crippen LogP contribution in [0.15, 0.2) is 24.3 Å². The number of ether oxygens (including phenoxy) is 1. The Labute approximate surface area is 149 Å². The number of carbonyl (C=O) groups is 1. The number of morpholine rings is 1. The van der Waals surface area contributed by atoms with Crippen LogP contribution in [0, 0.1) is 0 Å². The van der Waals surface area contributed by atoms with Gasteiger partial charge in [-0.15, -0.1) is 0 Å². The lowest BCUT2D eigenvalue weighted by atomic mass is 10.2. The Morgan fingerprint density at radius 2 is 1.83 bits per heavy atom. The molecule has 2 unspecified atom stereocenters. The summed E-state index contributed by atoms with van der Waals surface area (Å²) in [5.41, 5.74) is 1.16. The van der Waals surface area contributed by atoms with Crippen molar-refractivity contribution in [1.82, 2.24) is 9.80 Å². The van der Waals surface area contributed by atoms with E-state index in [1.54, 1.807) is 0 Å². The van der Waals surface area contributed by atoms with Crippen molar-refractivity contribution in [1.29, 1.82) is 0 Å². The Morgan fingerprint density at radius 3 is 2.46 bits per heavy atom. The van der Waals surface area contributed by atoms with E-state index in [1.807, 2.05) is 36.9 Å². The molecule has 0 bridgehead atoms. The summed E-state index contributed by atoms with van der Waals surface area (Å²) >= 11 is 6.07. The summed E-state index contributed by atoms with van der Waals surface area (Å²) in [6, 6.07) is 7.96. The molecule has 0 N–H and O–H groups in total. The van der Waals surface area contributed by atoms with Gasteiger partial charge in [-0.3, -0.25) is 9.69 Å². The molecule has 2 fully saturated rings. The fourth-order valence-electron chi connectivity index (χ4n) is 3.51. The zero-order valence-electron chi connectivity index (χ0n) is 14.4. The van der Waals surface area contributed by atoms with E-state index in [2.05, 4.69) is 15.9 Å². The maximum absolute atomic E-state index is 12.6. The quantitative estimate of drug-likeness (QED) is 0.835. The first kappa shape index (κ1) is 17.5. The molecule has 2 atom stereocenters. The summed E-state index contributed by atoms with van der Waals surface area (Å²) < 4.78 is 5.70. The van der Waals surface area contributed by atoms with Crippen molar-refractivity contribution in [3.63, 3.8) is 0 Å². The summed E-state index contributed by atoms with van der Waals surface area (Å²) in [5.74, 6) is 0.216. The number of nitrogens with zero attached hydrogens (tertiary/aromatic N) is 3. The molecule has 0 radical (unpaired) electrons. The molecule has 3 rings (SSSR count). The molecule has 24 heavy (non-hydrogen) atoms. The smallest absolute Gasteiger partial charge is 0.236 e. The van der Waals surface area contributed by atoms with Gasteiger partial charge in [-0.2, -0.15) is 0 Å². The van der Waals surface area contributed by atoms with Gasteiger partial charge in [0, 0.05) is 50.0 Å². The topological polar surface area (TPSA) is 36.0 Å². The average Bonchev–Trinajstić information content (AvgIpc) is 2.54. The monoisotopic (exact) mass is 351 g/mol. The lowest BCUT2D eigenvalue weighted by molar-refractivity contribution is -0.144. The van der Waals surface area contributed by atoms with Gasteiger partial charge >= 0.3 is 0 Å². The van der Waals surface area contributed by atoms with E-state index >= 15 is 0 Å². The van der Waals surface area contributed by atoms with E-state index in [0.717, 1.165) is 36.9 Å². The third-order valence-corrected chi connectivity index (χ3v) is 4.91. The maximum Gasteiger partial charge on any atom is 0.236 e. The number of benzene rings is 1. The number of hydrogen-bond donors (Lipinski definition) is 0. The Hall–Kier alpha value is -1.30. The highest BCUT2D eigenvalue weighted by molar-refractivity contribution is 6.30. The molecule has 2 aliphatic rings. The first-order valence-corrected chi connectivity index (χ1v) is 9.05. The Bertz CT molecular complexity index is 565. The molecule has 6 heteroatoms. The van der Waals surface area contributed by atoms with Gasteiger partial charge in [0.25, 0.3) is 0 Å². The van der Waals surface area contributed by atoms with E-state index in [9.17, 15) is 4.79 Å². The highest BCUT2D eigenvalue weighted by Crippen LogP contribution is 2.21. The molecule has 2 aliphatic heterocycles. The Morgan fingerprint density at radius 1 is 1.17 bits per heavy atom. The summed E-state index contributed by atoms with van der Waals surface area (Å²) in [6.07, 6.45) is 0.245. The van der Waals surface area contributed by atoms with Crippen LogP contribution >= 0.6 is 11.6 Å². The number of piperazine rings is 1. The molecule has 0 aliphatic carbocycles. The lowest BCUT2D eigenvalue weighted by Crippen LogP contribution is -2.53. The summed E-state index contributed by atoms with van der Waals surface area (Å²) in [4.78, 5) is 19.1. The van der Waals surface area contributed by atoms with Crippen molar-refractivity contribution in [3.05, 3.63) is 29.3 Å². The molecular formula is C18H26ClN3O2. The highest BCUT2D eigenvalue weighted by Gasteiger charge is 2.27. The second kappa shape index (κ2) is 7.72. The zero-order chi connectivity index (χ0) is 17.1. The van der Waals surface area contributed by atoms with Crippen LogP contribution in [0.25, 0.3) is 0 Å². The van der Waals surface area contributed by atoms with Gasteiger partial charge in [0.1, 0.15) is 0 Å². The van der Waals surface area contributed by atoms with E-state index in [4.69, 9.17) is 16.3 Å². The Kier molecular flexibility index (Phi) is 5.64. The van der Waals surface area contributed by atoms with Crippen molar-refractivity contribution in [3.8, 4) is 0 Å². The first-order chi connectivity index (χ1) is 11.5. The molecule has 5 nitrogen and oxygen atoms in total. The standard InChI is InChI=1S/C18H26ClN3O2/c1-14-11-22(12-15(2)24-14)18(23)13-20-6-8-21(9-7-20)17-5-3-4-16(19)10-17/h3-5,10,14-15H,6-9,11-13H2,1-2H3. The highest BCUT2D eigenvalue weighted by atomic mass is 35.5. The molecule has 1 aromatic carbocycles. The van der Waals surface area contributed by atoms with E-state index < -0.39 is 0 Å². The second-order valence-corrected chi connectivity index (χ2v) is 7.24. The summed E-state index contributed by atoms with van der Waals surface area (Å²) in [7, 11) is 0.